The number of fused-ring (bicyclic) bond motifs is 1. The zero-order valence-corrected chi connectivity index (χ0v) is 16.5. The van der Waals surface area contributed by atoms with E-state index in [2.05, 4.69) is 5.32 Å². The number of esters is 1. The van der Waals surface area contributed by atoms with Crippen LogP contribution in [0.2, 0.25) is 0 Å². The fourth-order valence-corrected chi connectivity index (χ4v) is 4.85. The van der Waals surface area contributed by atoms with Crippen molar-refractivity contribution in [2.75, 3.05) is 6.61 Å². The average molecular weight is 398 g/mol. The largest absolute Gasteiger partial charge is 0.467 e. The summed E-state index contributed by atoms with van der Waals surface area (Å²) in [5.41, 5.74) is 1.68. The highest BCUT2D eigenvalue weighted by Crippen LogP contribution is 2.37. The minimum atomic E-state index is -0.441. The molecule has 3 aromatic rings. The second-order valence-electron chi connectivity index (χ2n) is 6.86. The van der Waals surface area contributed by atoms with E-state index in [0.717, 1.165) is 36.2 Å². The molecule has 1 aliphatic carbocycles. The molecule has 6 nitrogen and oxygen atoms in total. The average Bonchev–Trinajstić information content (AvgIpc) is 3.46. The van der Waals surface area contributed by atoms with E-state index < -0.39 is 5.97 Å². The van der Waals surface area contributed by atoms with E-state index in [1.165, 1.54) is 4.88 Å². The first-order valence-electron chi connectivity index (χ1n) is 9.41. The lowest BCUT2D eigenvalue weighted by Gasteiger charge is -2.14. The summed E-state index contributed by atoms with van der Waals surface area (Å²) >= 11 is 1.64. The number of rotatable bonds is 6. The molecule has 7 heteroatoms. The molecule has 0 saturated heterocycles. The zero-order valence-electron chi connectivity index (χ0n) is 15.6. The second-order valence-corrected chi connectivity index (χ2v) is 7.95. The molecule has 1 atom stereocenters. The molecule has 0 saturated carbocycles. The van der Waals surface area contributed by atoms with Crippen LogP contribution in [0.5, 0.6) is 0 Å². The molecular weight excluding hydrogens is 376 g/mol. The number of amides is 1. The van der Waals surface area contributed by atoms with Gasteiger partial charge in [-0.15, -0.1) is 11.3 Å². The van der Waals surface area contributed by atoms with E-state index in [1.54, 1.807) is 29.7 Å². The lowest BCUT2D eigenvalue weighted by atomic mass is 9.95. The van der Waals surface area contributed by atoms with Crippen LogP contribution in [0.1, 0.15) is 52.4 Å². The molecule has 1 N–H and O–H groups in total. The maximum absolute atomic E-state index is 12.9. The molecule has 1 aliphatic rings. The maximum atomic E-state index is 12.9. The molecule has 3 heterocycles. The minimum Gasteiger partial charge on any atom is -0.467 e. The number of aryl methyl sites for hydroxylation is 1. The molecule has 0 radical (unpaired) electrons. The van der Waals surface area contributed by atoms with Crippen LogP contribution in [0.3, 0.4) is 0 Å². The summed E-state index contributed by atoms with van der Waals surface area (Å²) in [5, 5.41) is 3.64. The molecule has 0 spiro atoms. The molecule has 28 heavy (non-hydrogen) atoms. The molecule has 0 unspecified atom stereocenters. The maximum Gasteiger partial charge on any atom is 0.341 e. The van der Waals surface area contributed by atoms with E-state index in [-0.39, 0.29) is 18.6 Å². The third-order valence-corrected chi connectivity index (χ3v) is 6.18. The summed E-state index contributed by atoms with van der Waals surface area (Å²) in [6, 6.07) is 7.12. The fraction of sp³-hybridized carbons (Fsp3) is 0.333. The van der Waals surface area contributed by atoms with Gasteiger partial charge in [0.05, 0.1) is 17.9 Å². The van der Waals surface area contributed by atoms with Gasteiger partial charge in [0, 0.05) is 17.3 Å². The highest BCUT2D eigenvalue weighted by Gasteiger charge is 2.27. The van der Waals surface area contributed by atoms with E-state index in [0.29, 0.717) is 11.3 Å². The van der Waals surface area contributed by atoms with Gasteiger partial charge in [-0.3, -0.25) is 4.79 Å². The van der Waals surface area contributed by atoms with Gasteiger partial charge in [-0.2, -0.15) is 0 Å². The van der Waals surface area contributed by atoms with Gasteiger partial charge in [0.1, 0.15) is 10.8 Å². The summed E-state index contributed by atoms with van der Waals surface area (Å²) in [6.45, 7) is 1.50. The van der Waals surface area contributed by atoms with Crippen LogP contribution in [0.15, 0.2) is 47.3 Å². The number of hydrogen-bond acceptors (Lipinski definition) is 5. The van der Waals surface area contributed by atoms with Crippen molar-refractivity contribution in [3.63, 3.8) is 0 Å². The molecule has 146 valence electrons. The van der Waals surface area contributed by atoms with E-state index in [1.807, 2.05) is 36.0 Å². The van der Waals surface area contributed by atoms with Gasteiger partial charge in [-0.25, -0.2) is 4.79 Å². The van der Waals surface area contributed by atoms with Crippen molar-refractivity contribution >= 4 is 23.2 Å². The minimum absolute atomic E-state index is 0.287. The van der Waals surface area contributed by atoms with Crippen LogP contribution in [-0.2, 0) is 22.4 Å². The summed E-state index contributed by atoms with van der Waals surface area (Å²) in [5.74, 6) is -0.144. The number of carbonyl (C=O) groups excluding carboxylic acids is 2. The van der Waals surface area contributed by atoms with Crippen LogP contribution in [-0.4, -0.2) is 23.1 Å². The van der Waals surface area contributed by atoms with Crippen molar-refractivity contribution < 1.29 is 18.7 Å². The van der Waals surface area contributed by atoms with Crippen molar-refractivity contribution in [3.05, 3.63) is 64.7 Å². The number of ether oxygens (including phenoxy) is 1. The number of hydrogen-bond donors (Lipinski definition) is 1. The van der Waals surface area contributed by atoms with Gasteiger partial charge < -0.3 is 19.0 Å². The monoisotopic (exact) mass is 398 g/mol. The Morgan fingerprint density at radius 1 is 1.25 bits per heavy atom. The van der Waals surface area contributed by atoms with Crippen molar-refractivity contribution in [3.8, 4) is 5.00 Å². The smallest absolute Gasteiger partial charge is 0.341 e. The van der Waals surface area contributed by atoms with Crippen LogP contribution in [0, 0.1) is 0 Å². The SMILES string of the molecule is C[C@H](NC(=O)COC(=O)c1c(-n2cccc2)sc2c1CCCC2)c1ccco1. The Morgan fingerprint density at radius 3 is 2.79 bits per heavy atom. The van der Waals surface area contributed by atoms with Crippen LogP contribution >= 0.6 is 11.3 Å². The fourth-order valence-electron chi connectivity index (χ4n) is 3.51. The van der Waals surface area contributed by atoms with Crippen molar-refractivity contribution in [2.45, 2.75) is 38.6 Å². The van der Waals surface area contributed by atoms with Gasteiger partial charge in [-0.05, 0) is 62.4 Å². The number of nitrogens with zero attached hydrogens (tertiary/aromatic N) is 1. The number of furan rings is 1. The lowest BCUT2D eigenvalue weighted by Crippen LogP contribution is -2.31. The number of aromatic nitrogens is 1. The van der Waals surface area contributed by atoms with Crippen LogP contribution in [0.25, 0.3) is 5.00 Å². The third kappa shape index (κ3) is 3.75. The lowest BCUT2D eigenvalue weighted by molar-refractivity contribution is -0.125. The molecule has 0 bridgehead atoms. The predicted molar refractivity (Wildman–Crippen MR) is 106 cm³/mol. The summed E-state index contributed by atoms with van der Waals surface area (Å²) < 4.78 is 12.6. The molecule has 0 aliphatic heterocycles. The Labute approximate surface area is 167 Å². The van der Waals surface area contributed by atoms with Gasteiger partial charge in [0.25, 0.3) is 5.91 Å². The van der Waals surface area contributed by atoms with Gasteiger partial charge >= 0.3 is 5.97 Å². The Kier molecular flexibility index (Phi) is 5.34. The number of thiophene rings is 1. The standard InChI is InChI=1S/C21H22N2O4S/c1-14(16-8-6-12-26-16)22-18(24)13-27-21(25)19-15-7-2-3-9-17(15)28-20(19)23-10-4-5-11-23/h4-6,8,10-12,14H,2-3,7,9,13H2,1H3,(H,22,24)/t14-/m0/s1. The summed E-state index contributed by atoms with van der Waals surface area (Å²) in [7, 11) is 0. The van der Waals surface area contributed by atoms with Crippen molar-refractivity contribution in [2.24, 2.45) is 0 Å². The third-order valence-electron chi connectivity index (χ3n) is 4.88. The van der Waals surface area contributed by atoms with Crippen molar-refractivity contribution in [1.29, 1.82) is 0 Å². The van der Waals surface area contributed by atoms with Gasteiger partial charge in [0.2, 0.25) is 0 Å². The molecule has 0 aromatic carbocycles. The molecular formula is C21H22N2O4S. The molecule has 4 rings (SSSR count). The highest BCUT2D eigenvalue weighted by atomic mass is 32.1. The Hall–Kier alpha value is -2.80. The molecule has 3 aromatic heterocycles. The van der Waals surface area contributed by atoms with Crippen LogP contribution in [0.4, 0.5) is 0 Å². The first kappa shape index (κ1) is 18.6. The Balaban J connectivity index is 1.47. The number of carbonyl (C=O) groups is 2. The molecule has 0 fully saturated rings. The van der Waals surface area contributed by atoms with Crippen molar-refractivity contribution in [1.82, 2.24) is 9.88 Å². The zero-order chi connectivity index (χ0) is 19.5. The predicted octanol–water partition coefficient (Wildman–Crippen LogP) is 4.04. The molecule has 1 amide bonds. The normalized spacial score (nSPS) is 14.3. The Bertz CT molecular complexity index is 957. The first-order valence-corrected chi connectivity index (χ1v) is 10.2. The Morgan fingerprint density at radius 2 is 2.04 bits per heavy atom. The number of nitrogens with one attached hydrogen (secondary N) is 1. The van der Waals surface area contributed by atoms with Gasteiger partial charge in [-0.1, -0.05) is 0 Å². The van der Waals surface area contributed by atoms with Crippen LogP contribution < -0.4 is 5.32 Å². The topological polar surface area (TPSA) is 73.5 Å². The van der Waals surface area contributed by atoms with E-state index in [9.17, 15) is 9.59 Å². The quantitative estimate of drug-likeness (QED) is 0.636. The second kappa shape index (κ2) is 8.06. The summed E-state index contributed by atoms with van der Waals surface area (Å²) in [6.07, 6.45) is 9.47. The highest BCUT2D eigenvalue weighted by molar-refractivity contribution is 7.15. The van der Waals surface area contributed by atoms with Gasteiger partial charge in [0.15, 0.2) is 6.61 Å². The summed E-state index contributed by atoms with van der Waals surface area (Å²) in [4.78, 5) is 26.3. The first-order chi connectivity index (χ1) is 13.6. The van der Waals surface area contributed by atoms with E-state index in [4.69, 9.17) is 9.15 Å². The van der Waals surface area contributed by atoms with E-state index >= 15 is 0 Å².